The highest BCUT2D eigenvalue weighted by Gasteiger charge is 2.15. The Kier molecular flexibility index (Phi) is 7.36. The van der Waals surface area contributed by atoms with Gasteiger partial charge in [0.2, 0.25) is 21.1 Å². The molecule has 3 rings (SSSR count). The molecule has 11 heteroatoms. The zero-order chi connectivity index (χ0) is 20.9. The molecular weight excluding hydrogens is 500 g/mol. The number of benzene rings is 2. The van der Waals surface area contributed by atoms with E-state index >= 15 is 0 Å². The molecule has 2 aromatic carbocycles. The van der Waals surface area contributed by atoms with Crippen LogP contribution in [0.5, 0.6) is 0 Å². The normalized spacial score (nSPS) is 11.4. The van der Waals surface area contributed by atoms with Gasteiger partial charge in [0.1, 0.15) is 5.01 Å². The SMILES string of the molecule is O=C(CCNS(=O)(=O)c1ccc(Br)cc1)Nc1nnc(Cc2ccc(Cl)cc2)s1. The Bertz CT molecular complexity index is 1090. The molecule has 1 heterocycles. The topological polar surface area (TPSA) is 101 Å². The van der Waals surface area contributed by atoms with Gasteiger partial charge in [-0.25, -0.2) is 13.1 Å². The van der Waals surface area contributed by atoms with E-state index in [-0.39, 0.29) is 23.8 Å². The molecule has 29 heavy (non-hydrogen) atoms. The molecule has 0 saturated heterocycles. The van der Waals surface area contributed by atoms with E-state index in [0.717, 1.165) is 15.0 Å². The van der Waals surface area contributed by atoms with Crippen LogP contribution in [0.2, 0.25) is 5.02 Å². The van der Waals surface area contributed by atoms with Crippen molar-refractivity contribution in [2.24, 2.45) is 0 Å². The van der Waals surface area contributed by atoms with Crippen molar-refractivity contribution in [1.82, 2.24) is 14.9 Å². The first-order valence-electron chi connectivity index (χ1n) is 8.44. The molecule has 3 aromatic rings. The molecule has 0 fully saturated rings. The molecule has 2 N–H and O–H groups in total. The summed E-state index contributed by atoms with van der Waals surface area (Å²) in [6, 6.07) is 13.6. The fourth-order valence-electron chi connectivity index (χ4n) is 2.33. The van der Waals surface area contributed by atoms with Gasteiger partial charge in [0, 0.05) is 28.9 Å². The molecule has 0 unspecified atom stereocenters. The van der Waals surface area contributed by atoms with E-state index in [0.29, 0.717) is 16.6 Å². The Morgan fingerprint density at radius 2 is 1.76 bits per heavy atom. The average Bonchev–Trinajstić information content (AvgIpc) is 3.10. The summed E-state index contributed by atoms with van der Waals surface area (Å²) < 4.78 is 27.6. The average molecular weight is 516 g/mol. The van der Waals surface area contributed by atoms with Crippen molar-refractivity contribution >= 4 is 59.9 Å². The van der Waals surface area contributed by atoms with E-state index in [2.05, 4.69) is 36.2 Å². The third kappa shape index (κ3) is 6.58. The van der Waals surface area contributed by atoms with Crippen LogP contribution in [0.25, 0.3) is 0 Å². The van der Waals surface area contributed by atoms with Gasteiger partial charge in [-0.1, -0.05) is 51.0 Å². The zero-order valence-electron chi connectivity index (χ0n) is 14.9. The lowest BCUT2D eigenvalue weighted by Gasteiger charge is -2.06. The second-order valence-corrected chi connectivity index (χ2v) is 10.1. The molecule has 0 aliphatic rings. The first-order valence-corrected chi connectivity index (χ1v) is 11.9. The summed E-state index contributed by atoms with van der Waals surface area (Å²) in [7, 11) is -3.66. The lowest BCUT2D eigenvalue weighted by atomic mass is 10.2. The summed E-state index contributed by atoms with van der Waals surface area (Å²) in [5, 5.41) is 12.4. The van der Waals surface area contributed by atoms with Crippen molar-refractivity contribution in [3.63, 3.8) is 0 Å². The van der Waals surface area contributed by atoms with Gasteiger partial charge < -0.3 is 5.32 Å². The molecule has 7 nitrogen and oxygen atoms in total. The third-order valence-electron chi connectivity index (χ3n) is 3.75. The van der Waals surface area contributed by atoms with Crippen molar-refractivity contribution in [1.29, 1.82) is 0 Å². The number of hydrogen-bond acceptors (Lipinski definition) is 6. The molecule has 1 amide bonds. The monoisotopic (exact) mass is 514 g/mol. The predicted molar refractivity (Wildman–Crippen MR) is 117 cm³/mol. The number of halogens is 2. The fraction of sp³-hybridized carbons (Fsp3) is 0.167. The molecular formula is C18H16BrClN4O3S2. The minimum Gasteiger partial charge on any atom is -0.300 e. The van der Waals surface area contributed by atoms with Crippen LogP contribution >= 0.6 is 38.9 Å². The maximum absolute atomic E-state index is 12.2. The molecule has 0 bridgehead atoms. The first-order chi connectivity index (χ1) is 13.8. The highest BCUT2D eigenvalue weighted by molar-refractivity contribution is 9.10. The number of carbonyl (C=O) groups is 1. The highest BCUT2D eigenvalue weighted by Crippen LogP contribution is 2.20. The number of anilines is 1. The quantitative estimate of drug-likeness (QED) is 0.474. The lowest BCUT2D eigenvalue weighted by Crippen LogP contribution is -2.27. The largest absolute Gasteiger partial charge is 0.300 e. The van der Waals surface area contributed by atoms with Crippen LogP contribution in [-0.2, 0) is 21.2 Å². The van der Waals surface area contributed by atoms with Crippen molar-refractivity contribution in [3.05, 3.63) is 68.6 Å². The number of aromatic nitrogens is 2. The van der Waals surface area contributed by atoms with Crippen molar-refractivity contribution in [2.75, 3.05) is 11.9 Å². The van der Waals surface area contributed by atoms with Crippen molar-refractivity contribution in [3.8, 4) is 0 Å². The fourth-order valence-corrected chi connectivity index (χ4v) is 4.54. The van der Waals surface area contributed by atoms with Gasteiger partial charge in [-0.05, 0) is 42.0 Å². The molecule has 0 radical (unpaired) electrons. The molecule has 0 spiro atoms. The van der Waals surface area contributed by atoms with Gasteiger partial charge in [-0.2, -0.15) is 0 Å². The predicted octanol–water partition coefficient (Wildman–Crippen LogP) is 3.85. The Morgan fingerprint density at radius 3 is 2.45 bits per heavy atom. The van der Waals surface area contributed by atoms with E-state index in [9.17, 15) is 13.2 Å². The van der Waals surface area contributed by atoms with Crippen LogP contribution in [0.15, 0.2) is 57.9 Å². The lowest BCUT2D eigenvalue weighted by molar-refractivity contribution is -0.116. The molecule has 152 valence electrons. The number of sulfonamides is 1. The minimum atomic E-state index is -3.66. The van der Waals surface area contributed by atoms with Crippen LogP contribution in [0.4, 0.5) is 5.13 Å². The van der Waals surface area contributed by atoms with Crippen LogP contribution in [0.1, 0.15) is 17.0 Å². The Labute approximate surface area is 185 Å². The molecule has 0 atom stereocenters. The van der Waals surface area contributed by atoms with Gasteiger partial charge in [0.15, 0.2) is 0 Å². The zero-order valence-corrected chi connectivity index (χ0v) is 18.9. The maximum Gasteiger partial charge on any atom is 0.240 e. The summed E-state index contributed by atoms with van der Waals surface area (Å²) >= 11 is 10.4. The Morgan fingerprint density at radius 1 is 1.07 bits per heavy atom. The van der Waals surface area contributed by atoms with Crippen LogP contribution in [-0.4, -0.2) is 31.1 Å². The number of amides is 1. The van der Waals surface area contributed by atoms with E-state index in [1.165, 1.54) is 23.5 Å². The van der Waals surface area contributed by atoms with Crippen molar-refractivity contribution < 1.29 is 13.2 Å². The van der Waals surface area contributed by atoms with Gasteiger partial charge in [-0.3, -0.25) is 4.79 Å². The number of nitrogens with one attached hydrogen (secondary N) is 2. The van der Waals surface area contributed by atoms with Gasteiger partial charge in [-0.15, -0.1) is 10.2 Å². The number of nitrogens with zero attached hydrogens (tertiary/aromatic N) is 2. The first kappa shape index (κ1) is 21.8. The Hall–Kier alpha value is -1.85. The van der Waals surface area contributed by atoms with E-state index < -0.39 is 10.0 Å². The highest BCUT2D eigenvalue weighted by atomic mass is 79.9. The molecule has 0 saturated carbocycles. The summed E-state index contributed by atoms with van der Waals surface area (Å²) in [5.74, 6) is -0.349. The number of rotatable bonds is 8. The second kappa shape index (κ2) is 9.77. The third-order valence-corrected chi connectivity index (χ3v) is 6.85. The summed E-state index contributed by atoms with van der Waals surface area (Å²) in [4.78, 5) is 12.2. The smallest absolute Gasteiger partial charge is 0.240 e. The minimum absolute atomic E-state index is 0.0259. The van der Waals surface area contributed by atoms with E-state index in [1.54, 1.807) is 24.3 Å². The van der Waals surface area contributed by atoms with Crippen LogP contribution in [0, 0.1) is 0 Å². The maximum atomic E-state index is 12.2. The molecule has 0 aliphatic heterocycles. The van der Waals surface area contributed by atoms with E-state index in [4.69, 9.17) is 11.6 Å². The van der Waals surface area contributed by atoms with Crippen LogP contribution < -0.4 is 10.0 Å². The van der Waals surface area contributed by atoms with Gasteiger partial charge >= 0.3 is 0 Å². The molecule has 1 aromatic heterocycles. The molecule has 0 aliphatic carbocycles. The number of hydrogen-bond donors (Lipinski definition) is 2. The Balaban J connectivity index is 1.48. The van der Waals surface area contributed by atoms with Gasteiger partial charge in [0.05, 0.1) is 4.90 Å². The summed E-state index contributed by atoms with van der Waals surface area (Å²) in [6.07, 6.45) is 0.555. The standard InChI is InChI=1S/C18H16BrClN4O3S2/c19-13-3-7-15(8-4-13)29(26,27)21-10-9-16(25)22-18-24-23-17(28-18)11-12-1-5-14(20)6-2-12/h1-8,21H,9-11H2,(H,22,24,25). The van der Waals surface area contributed by atoms with Gasteiger partial charge in [0.25, 0.3) is 0 Å². The summed E-state index contributed by atoms with van der Waals surface area (Å²) in [6.45, 7) is -0.0271. The van der Waals surface area contributed by atoms with Crippen LogP contribution in [0.3, 0.4) is 0 Å². The second-order valence-electron chi connectivity index (χ2n) is 5.95. The van der Waals surface area contributed by atoms with E-state index in [1.807, 2.05) is 12.1 Å². The summed E-state index contributed by atoms with van der Waals surface area (Å²) in [5.41, 5.74) is 1.03. The number of carbonyl (C=O) groups excluding carboxylic acids is 1. The van der Waals surface area contributed by atoms with Crippen molar-refractivity contribution in [2.45, 2.75) is 17.7 Å².